The van der Waals surface area contributed by atoms with Gasteiger partial charge in [-0.3, -0.25) is 14.2 Å². The number of carbonyl (C=O) groups is 2. The summed E-state index contributed by atoms with van der Waals surface area (Å²) in [6, 6.07) is 0. The van der Waals surface area contributed by atoms with Crippen molar-refractivity contribution in [1.29, 1.82) is 0 Å². The van der Waals surface area contributed by atoms with Gasteiger partial charge in [0.05, 0.1) is 31.4 Å². The molecule has 2 rings (SSSR count). The van der Waals surface area contributed by atoms with E-state index in [9.17, 15) is 14.2 Å². The summed E-state index contributed by atoms with van der Waals surface area (Å²) >= 11 is 0. The number of ether oxygens (including phenoxy) is 1. The molecule has 4 atom stereocenters. The quantitative estimate of drug-likeness (QED) is 0.529. The second kappa shape index (κ2) is 5.96. The van der Waals surface area contributed by atoms with Crippen LogP contribution in [0, 0.1) is 17.8 Å². The second-order valence-corrected chi connectivity index (χ2v) is 7.25. The summed E-state index contributed by atoms with van der Waals surface area (Å²) in [7, 11) is -3.34. The van der Waals surface area contributed by atoms with Gasteiger partial charge in [0, 0.05) is 12.3 Å². The highest BCUT2D eigenvalue weighted by atomic mass is 31.2. The SMILES string of the molecule is CCOC(=O)[C@@H]1C2C(=O)C[C@H](P(=O)(OCC)OCC)[C@H]21. The van der Waals surface area contributed by atoms with Crippen LogP contribution in [0.2, 0.25) is 0 Å². The number of hydrogen-bond donors (Lipinski definition) is 0. The zero-order valence-corrected chi connectivity index (χ0v) is 12.9. The van der Waals surface area contributed by atoms with Gasteiger partial charge in [-0.2, -0.15) is 0 Å². The highest BCUT2D eigenvalue weighted by Crippen LogP contribution is 2.69. The van der Waals surface area contributed by atoms with E-state index in [-0.39, 0.29) is 49.8 Å². The molecule has 6 nitrogen and oxygen atoms in total. The summed E-state index contributed by atoms with van der Waals surface area (Å²) in [4.78, 5) is 23.8. The maximum absolute atomic E-state index is 12.8. The van der Waals surface area contributed by atoms with Crippen molar-refractivity contribution in [2.24, 2.45) is 17.8 Å². The first-order valence-corrected chi connectivity index (χ1v) is 8.69. The average Bonchev–Trinajstić information content (AvgIpc) is 3.02. The van der Waals surface area contributed by atoms with Gasteiger partial charge in [-0.25, -0.2) is 0 Å². The Labute approximate surface area is 118 Å². The Morgan fingerprint density at radius 3 is 2.30 bits per heavy atom. The van der Waals surface area contributed by atoms with E-state index < -0.39 is 19.2 Å². The third-order valence-electron chi connectivity index (χ3n) is 3.88. The first-order valence-electron chi connectivity index (χ1n) is 7.08. The molecule has 2 saturated carbocycles. The molecular weight excluding hydrogens is 283 g/mol. The number of Topliss-reactive ketones (excluding diaryl/α,β-unsaturated/α-hetero) is 1. The topological polar surface area (TPSA) is 78.9 Å². The summed E-state index contributed by atoms with van der Waals surface area (Å²) in [6.45, 7) is 5.97. The molecular formula is C13H21O6P. The fraction of sp³-hybridized carbons (Fsp3) is 0.846. The van der Waals surface area contributed by atoms with Gasteiger partial charge < -0.3 is 13.8 Å². The highest BCUT2D eigenvalue weighted by molar-refractivity contribution is 7.54. The van der Waals surface area contributed by atoms with E-state index in [1.807, 2.05) is 0 Å². The normalized spacial score (nSPS) is 32.0. The van der Waals surface area contributed by atoms with Gasteiger partial charge in [0.2, 0.25) is 0 Å². The molecule has 2 aliphatic rings. The number of esters is 1. The third-order valence-corrected chi connectivity index (χ3v) is 6.46. The molecule has 2 aliphatic carbocycles. The van der Waals surface area contributed by atoms with Gasteiger partial charge in [-0.1, -0.05) is 0 Å². The van der Waals surface area contributed by atoms with Gasteiger partial charge in [-0.15, -0.1) is 0 Å². The molecule has 114 valence electrons. The monoisotopic (exact) mass is 304 g/mol. The molecule has 0 heterocycles. The lowest BCUT2D eigenvalue weighted by molar-refractivity contribution is -0.146. The van der Waals surface area contributed by atoms with Crippen molar-refractivity contribution < 1.29 is 27.9 Å². The van der Waals surface area contributed by atoms with Crippen molar-refractivity contribution in [2.75, 3.05) is 19.8 Å². The van der Waals surface area contributed by atoms with Crippen LogP contribution in [0.4, 0.5) is 0 Å². The molecule has 7 heteroatoms. The van der Waals surface area contributed by atoms with Gasteiger partial charge in [-0.05, 0) is 26.7 Å². The fourth-order valence-electron chi connectivity index (χ4n) is 3.16. The van der Waals surface area contributed by atoms with Crippen LogP contribution in [0.1, 0.15) is 27.2 Å². The van der Waals surface area contributed by atoms with Gasteiger partial charge in [0.1, 0.15) is 5.78 Å². The summed E-state index contributed by atoms with van der Waals surface area (Å²) in [5, 5.41) is 0. The molecule has 0 amide bonds. The molecule has 0 saturated heterocycles. The van der Waals surface area contributed by atoms with E-state index in [4.69, 9.17) is 13.8 Å². The molecule has 0 aromatic heterocycles. The largest absolute Gasteiger partial charge is 0.466 e. The van der Waals surface area contributed by atoms with Crippen LogP contribution in [0.25, 0.3) is 0 Å². The number of hydrogen-bond acceptors (Lipinski definition) is 6. The fourth-order valence-corrected chi connectivity index (χ4v) is 5.53. The Hall–Kier alpha value is -0.710. The molecule has 0 bridgehead atoms. The number of rotatable bonds is 7. The summed E-state index contributed by atoms with van der Waals surface area (Å²) in [6.07, 6.45) is 0.169. The van der Waals surface area contributed by atoms with Crippen LogP contribution < -0.4 is 0 Å². The molecule has 0 radical (unpaired) electrons. The molecule has 0 aromatic carbocycles. The van der Waals surface area contributed by atoms with E-state index in [0.717, 1.165) is 0 Å². The Bertz CT molecular complexity index is 438. The zero-order chi connectivity index (χ0) is 14.9. The van der Waals surface area contributed by atoms with Crippen LogP contribution in [-0.2, 0) is 27.9 Å². The third kappa shape index (κ3) is 2.57. The van der Waals surface area contributed by atoms with E-state index >= 15 is 0 Å². The first kappa shape index (κ1) is 15.7. The predicted molar refractivity (Wildman–Crippen MR) is 71.4 cm³/mol. The predicted octanol–water partition coefficient (Wildman–Crippen LogP) is 2.02. The molecule has 0 aliphatic heterocycles. The Morgan fingerprint density at radius 1 is 1.20 bits per heavy atom. The second-order valence-electron chi connectivity index (χ2n) is 4.99. The van der Waals surface area contributed by atoms with Crippen LogP contribution in [0.5, 0.6) is 0 Å². The average molecular weight is 304 g/mol. The number of ketones is 1. The van der Waals surface area contributed by atoms with E-state index in [2.05, 4.69) is 0 Å². The van der Waals surface area contributed by atoms with Gasteiger partial charge >= 0.3 is 13.6 Å². The molecule has 1 unspecified atom stereocenters. The van der Waals surface area contributed by atoms with Gasteiger partial charge in [0.25, 0.3) is 0 Å². The minimum atomic E-state index is -3.34. The smallest absolute Gasteiger partial charge is 0.334 e. The minimum Gasteiger partial charge on any atom is -0.466 e. The van der Waals surface area contributed by atoms with E-state index in [0.29, 0.717) is 0 Å². The van der Waals surface area contributed by atoms with Crippen molar-refractivity contribution in [3.63, 3.8) is 0 Å². The molecule has 0 N–H and O–H groups in total. The molecule has 20 heavy (non-hydrogen) atoms. The molecule has 2 fully saturated rings. The lowest BCUT2D eigenvalue weighted by Gasteiger charge is -2.24. The van der Waals surface area contributed by atoms with E-state index in [1.54, 1.807) is 20.8 Å². The van der Waals surface area contributed by atoms with Crippen molar-refractivity contribution in [1.82, 2.24) is 0 Å². The van der Waals surface area contributed by atoms with Crippen LogP contribution in [-0.4, -0.2) is 37.2 Å². The van der Waals surface area contributed by atoms with Gasteiger partial charge in [0.15, 0.2) is 0 Å². The lowest BCUT2D eigenvalue weighted by atomic mass is 10.1. The van der Waals surface area contributed by atoms with E-state index in [1.165, 1.54) is 0 Å². The maximum Gasteiger partial charge on any atom is 0.334 e. The first-order chi connectivity index (χ1) is 9.50. The van der Waals surface area contributed by atoms with Crippen molar-refractivity contribution in [2.45, 2.75) is 32.9 Å². The zero-order valence-electron chi connectivity index (χ0n) is 12.0. The number of fused-ring (bicyclic) bond motifs is 1. The summed E-state index contributed by atoms with van der Waals surface area (Å²) in [5.74, 6) is -1.47. The van der Waals surface area contributed by atoms with Crippen molar-refractivity contribution >= 4 is 19.3 Å². The van der Waals surface area contributed by atoms with Crippen molar-refractivity contribution in [3.8, 4) is 0 Å². The standard InChI is InChI=1S/C13H21O6P/c1-4-17-13(15)12-10-8(14)7-9(11(10)12)20(16,18-5-2)19-6-3/h9-12H,4-7H2,1-3H3/t9-,10?,11+,12+/m0/s1. The molecule has 0 aromatic rings. The van der Waals surface area contributed by atoms with Crippen molar-refractivity contribution in [3.05, 3.63) is 0 Å². The summed E-state index contributed by atoms with van der Waals surface area (Å²) < 4.78 is 28.4. The summed E-state index contributed by atoms with van der Waals surface area (Å²) in [5.41, 5.74) is -0.505. The lowest BCUT2D eigenvalue weighted by Crippen LogP contribution is -2.21. The molecule has 0 spiro atoms. The Balaban J connectivity index is 2.15. The Kier molecular flexibility index (Phi) is 4.67. The maximum atomic E-state index is 12.8. The van der Waals surface area contributed by atoms with Crippen LogP contribution in [0.15, 0.2) is 0 Å². The number of carbonyl (C=O) groups excluding carboxylic acids is 2. The Morgan fingerprint density at radius 2 is 1.80 bits per heavy atom. The minimum absolute atomic E-state index is 0.0299. The highest BCUT2D eigenvalue weighted by Gasteiger charge is 2.71. The van der Waals surface area contributed by atoms with Crippen LogP contribution in [0.3, 0.4) is 0 Å². The van der Waals surface area contributed by atoms with Crippen LogP contribution >= 0.6 is 7.60 Å².